The molecule has 0 heterocycles. The second kappa shape index (κ2) is 10.6. The van der Waals surface area contributed by atoms with Crippen molar-refractivity contribution >= 4 is 18.0 Å². The summed E-state index contributed by atoms with van der Waals surface area (Å²) in [4.78, 5) is 39.1. The molecule has 0 saturated carbocycles. The van der Waals surface area contributed by atoms with Crippen LogP contribution in [0.1, 0.15) is 36.3 Å². The molecule has 2 aromatic carbocycles. The first-order valence-corrected chi connectivity index (χ1v) is 10.2. The second-order valence-corrected chi connectivity index (χ2v) is 7.27. The molecule has 1 aliphatic rings. The van der Waals surface area contributed by atoms with Gasteiger partial charge >= 0.3 is 12.1 Å². The van der Waals surface area contributed by atoms with E-state index >= 15 is 0 Å². The number of alkyl carbamates (subject to hydrolysis) is 1. The van der Waals surface area contributed by atoms with Gasteiger partial charge in [0.25, 0.3) is 0 Å². The van der Waals surface area contributed by atoms with Gasteiger partial charge in [0.1, 0.15) is 6.61 Å². The largest absolute Gasteiger partial charge is 0.479 e. The summed E-state index contributed by atoms with van der Waals surface area (Å²) in [5.41, 5.74) is 4.66. The molecule has 164 valence electrons. The minimum Gasteiger partial charge on any atom is -0.479 e. The molecule has 1 aliphatic carbocycles. The predicted molar refractivity (Wildman–Crippen MR) is 113 cm³/mol. The van der Waals surface area contributed by atoms with Crippen LogP contribution in [-0.2, 0) is 19.2 Å². The zero-order valence-corrected chi connectivity index (χ0v) is 17.4. The molecule has 2 aromatic rings. The summed E-state index contributed by atoms with van der Waals surface area (Å²) in [7, 11) is 1.38. The Labute approximate surface area is 180 Å². The van der Waals surface area contributed by atoms with Crippen LogP contribution in [-0.4, -0.2) is 54.9 Å². The van der Waals surface area contributed by atoms with Gasteiger partial charge in [-0.1, -0.05) is 48.5 Å². The summed E-state index contributed by atoms with van der Waals surface area (Å²) in [6.45, 7) is 0.0687. The van der Waals surface area contributed by atoms with Crippen LogP contribution in [0.4, 0.5) is 4.79 Å². The molecule has 0 spiro atoms. The van der Waals surface area contributed by atoms with Gasteiger partial charge in [-0.05, 0) is 35.1 Å². The van der Waals surface area contributed by atoms with Crippen molar-refractivity contribution in [2.45, 2.75) is 25.2 Å². The predicted octanol–water partition coefficient (Wildman–Crippen LogP) is 3.17. The van der Waals surface area contributed by atoms with Crippen molar-refractivity contribution < 1.29 is 29.1 Å². The molecule has 0 unspecified atom stereocenters. The van der Waals surface area contributed by atoms with E-state index in [1.165, 1.54) is 18.2 Å². The van der Waals surface area contributed by atoms with Crippen LogP contribution in [0.2, 0.25) is 0 Å². The van der Waals surface area contributed by atoms with Gasteiger partial charge in [-0.25, -0.2) is 14.7 Å². The number of nitrogens with one attached hydrogen (secondary N) is 1. The normalized spacial score (nSPS) is 12.0. The van der Waals surface area contributed by atoms with Crippen molar-refractivity contribution in [3.05, 3.63) is 59.7 Å². The number of fused-ring (bicyclic) bond motifs is 3. The molecule has 0 aliphatic heterocycles. The number of amides is 2. The Kier molecular flexibility index (Phi) is 7.61. The highest BCUT2D eigenvalue weighted by atomic mass is 16.7. The van der Waals surface area contributed by atoms with Gasteiger partial charge in [-0.2, -0.15) is 0 Å². The van der Waals surface area contributed by atoms with E-state index in [1.807, 2.05) is 24.3 Å². The number of carboxylic acid groups (broad SMARTS) is 1. The quantitative estimate of drug-likeness (QED) is 0.447. The SMILES string of the molecule is CN(OCC(=O)O)C(=O)CCCCNC(=O)OCC1c2ccccc2-c2ccccc21. The van der Waals surface area contributed by atoms with Crippen molar-refractivity contribution in [1.82, 2.24) is 10.4 Å². The molecular weight excluding hydrogens is 400 g/mol. The molecular formula is C23H26N2O6. The zero-order valence-electron chi connectivity index (χ0n) is 17.4. The molecule has 31 heavy (non-hydrogen) atoms. The topological polar surface area (TPSA) is 105 Å². The van der Waals surface area contributed by atoms with Gasteiger partial charge < -0.3 is 15.2 Å². The molecule has 0 bridgehead atoms. The Bertz CT molecular complexity index is 900. The Morgan fingerprint density at radius 3 is 2.23 bits per heavy atom. The highest BCUT2D eigenvalue weighted by Crippen LogP contribution is 2.44. The second-order valence-electron chi connectivity index (χ2n) is 7.27. The minimum absolute atomic E-state index is 0.0112. The number of hydrogen-bond acceptors (Lipinski definition) is 5. The lowest BCUT2D eigenvalue weighted by Gasteiger charge is -2.15. The average Bonchev–Trinajstić information content (AvgIpc) is 3.09. The minimum atomic E-state index is -1.15. The first-order valence-electron chi connectivity index (χ1n) is 10.2. The van der Waals surface area contributed by atoms with Crippen molar-refractivity contribution in [3.8, 4) is 11.1 Å². The maximum Gasteiger partial charge on any atom is 0.407 e. The Hall–Kier alpha value is -3.39. The number of unbranched alkanes of at least 4 members (excludes halogenated alkanes) is 1. The lowest BCUT2D eigenvalue weighted by molar-refractivity contribution is -0.185. The van der Waals surface area contributed by atoms with Crippen molar-refractivity contribution in [2.75, 3.05) is 26.8 Å². The molecule has 0 radical (unpaired) electrons. The third kappa shape index (κ3) is 5.82. The molecule has 3 rings (SSSR count). The van der Waals surface area contributed by atoms with Gasteiger partial charge in [0.05, 0.1) is 0 Å². The number of hydrogen-bond donors (Lipinski definition) is 2. The van der Waals surface area contributed by atoms with Gasteiger partial charge in [0, 0.05) is 25.9 Å². The van der Waals surface area contributed by atoms with Gasteiger partial charge in [0.2, 0.25) is 5.91 Å². The van der Waals surface area contributed by atoms with Gasteiger partial charge in [-0.15, -0.1) is 0 Å². The first-order chi connectivity index (χ1) is 15.0. The van der Waals surface area contributed by atoms with Crippen LogP contribution in [0.3, 0.4) is 0 Å². The molecule has 0 aromatic heterocycles. The first kappa shape index (κ1) is 22.3. The van der Waals surface area contributed by atoms with E-state index in [2.05, 4.69) is 29.6 Å². The molecule has 0 atom stereocenters. The van der Waals surface area contributed by atoms with Crippen molar-refractivity contribution in [2.24, 2.45) is 0 Å². The summed E-state index contributed by atoms with van der Waals surface area (Å²) in [6, 6.07) is 16.3. The van der Waals surface area contributed by atoms with E-state index < -0.39 is 18.7 Å². The third-order valence-corrected chi connectivity index (χ3v) is 5.16. The van der Waals surface area contributed by atoms with E-state index in [9.17, 15) is 14.4 Å². The van der Waals surface area contributed by atoms with Crippen LogP contribution < -0.4 is 5.32 Å². The van der Waals surface area contributed by atoms with E-state index in [0.717, 1.165) is 16.2 Å². The Balaban J connectivity index is 1.38. The maximum atomic E-state index is 12.1. The number of hydroxylamine groups is 2. The maximum absolute atomic E-state index is 12.1. The van der Waals surface area contributed by atoms with E-state index in [0.29, 0.717) is 19.4 Å². The van der Waals surface area contributed by atoms with Crippen LogP contribution in [0.5, 0.6) is 0 Å². The van der Waals surface area contributed by atoms with Gasteiger partial charge in [-0.3, -0.25) is 9.63 Å². The highest BCUT2D eigenvalue weighted by molar-refractivity contribution is 5.79. The lowest BCUT2D eigenvalue weighted by Crippen LogP contribution is -2.30. The molecule has 8 heteroatoms. The summed E-state index contributed by atoms with van der Waals surface area (Å²) in [5, 5.41) is 12.2. The molecule has 0 saturated heterocycles. The van der Waals surface area contributed by atoms with E-state index in [4.69, 9.17) is 14.7 Å². The van der Waals surface area contributed by atoms with Gasteiger partial charge in [0.15, 0.2) is 6.61 Å². The molecule has 0 fully saturated rings. The fraction of sp³-hybridized carbons (Fsp3) is 0.348. The van der Waals surface area contributed by atoms with E-state index in [-0.39, 0.29) is 24.9 Å². The Morgan fingerprint density at radius 1 is 1.00 bits per heavy atom. The van der Waals surface area contributed by atoms with Crippen LogP contribution in [0.25, 0.3) is 11.1 Å². The number of ether oxygens (including phenoxy) is 1. The average molecular weight is 426 g/mol. The standard InChI is InChI=1S/C23H26N2O6/c1-25(31-15-22(27)28)21(26)12-6-7-13-24-23(29)30-14-20-18-10-4-2-8-16(18)17-9-3-5-11-19(17)20/h2-5,8-11,20H,6-7,12-15H2,1H3,(H,24,29)(H,27,28). The number of carboxylic acids is 1. The smallest absolute Gasteiger partial charge is 0.407 e. The van der Waals surface area contributed by atoms with Crippen LogP contribution >= 0.6 is 0 Å². The van der Waals surface area contributed by atoms with Crippen molar-refractivity contribution in [3.63, 3.8) is 0 Å². The highest BCUT2D eigenvalue weighted by Gasteiger charge is 2.28. The summed E-state index contributed by atoms with van der Waals surface area (Å²) < 4.78 is 5.46. The summed E-state index contributed by atoms with van der Waals surface area (Å²) >= 11 is 0. The van der Waals surface area contributed by atoms with E-state index in [1.54, 1.807) is 0 Å². The molecule has 2 amide bonds. The number of aliphatic carboxylic acids is 1. The lowest BCUT2D eigenvalue weighted by atomic mass is 9.98. The summed E-state index contributed by atoms with van der Waals surface area (Å²) in [5.74, 6) is -1.45. The number of benzene rings is 2. The molecule has 2 N–H and O–H groups in total. The monoisotopic (exact) mass is 426 g/mol. The molecule has 8 nitrogen and oxygen atoms in total. The number of rotatable bonds is 10. The number of carbonyl (C=O) groups is 3. The third-order valence-electron chi connectivity index (χ3n) is 5.16. The Morgan fingerprint density at radius 2 is 1.61 bits per heavy atom. The van der Waals surface area contributed by atoms with Crippen LogP contribution in [0.15, 0.2) is 48.5 Å². The zero-order chi connectivity index (χ0) is 22.2. The summed E-state index contributed by atoms with van der Waals surface area (Å²) in [6.07, 6.45) is 0.823. The fourth-order valence-electron chi connectivity index (χ4n) is 3.62. The van der Waals surface area contributed by atoms with Crippen LogP contribution in [0, 0.1) is 0 Å². The fourth-order valence-corrected chi connectivity index (χ4v) is 3.62. The van der Waals surface area contributed by atoms with Crippen molar-refractivity contribution in [1.29, 1.82) is 0 Å². The number of carbonyl (C=O) groups excluding carboxylic acids is 2. The number of nitrogens with zero attached hydrogens (tertiary/aromatic N) is 1.